The summed E-state index contributed by atoms with van der Waals surface area (Å²) >= 11 is 0. The molecular weight excluding hydrogens is 381 g/mol. The van der Waals surface area contributed by atoms with E-state index in [-0.39, 0.29) is 17.3 Å². The van der Waals surface area contributed by atoms with Crippen LogP contribution in [0.5, 0.6) is 0 Å². The highest BCUT2D eigenvalue weighted by molar-refractivity contribution is 5.72. The van der Waals surface area contributed by atoms with Gasteiger partial charge in [-0.3, -0.25) is 0 Å². The van der Waals surface area contributed by atoms with E-state index in [0.29, 0.717) is 16.7 Å². The van der Waals surface area contributed by atoms with Crippen molar-refractivity contribution in [2.24, 2.45) is 0 Å². The van der Waals surface area contributed by atoms with E-state index in [1.54, 1.807) is 37.3 Å². The van der Waals surface area contributed by atoms with E-state index in [2.05, 4.69) is 0 Å². The molecule has 154 valence electrons. The average Bonchev–Trinajstić information content (AvgIpc) is 2.77. The first-order valence-corrected chi connectivity index (χ1v) is 10.6. The molecule has 1 aliphatic carbocycles. The van der Waals surface area contributed by atoms with Gasteiger partial charge in [0.15, 0.2) is 11.6 Å². The number of halogens is 3. The van der Waals surface area contributed by atoms with Gasteiger partial charge >= 0.3 is 0 Å². The Morgan fingerprint density at radius 1 is 0.733 bits per heavy atom. The first kappa shape index (κ1) is 20.5. The molecule has 0 atom stereocenters. The highest BCUT2D eigenvalue weighted by Crippen LogP contribution is 2.37. The van der Waals surface area contributed by atoms with Crippen molar-refractivity contribution < 1.29 is 13.2 Å². The van der Waals surface area contributed by atoms with Crippen molar-refractivity contribution in [3.8, 4) is 11.1 Å². The largest absolute Gasteiger partial charge is 0.207 e. The fourth-order valence-electron chi connectivity index (χ4n) is 4.20. The van der Waals surface area contributed by atoms with Crippen LogP contribution in [0, 0.1) is 24.4 Å². The van der Waals surface area contributed by atoms with E-state index in [1.807, 2.05) is 30.4 Å². The van der Waals surface area contributed by atoms with Gasteiger partial charge in [0.25, 0.3) is 0 Å². The third-order valence-corrected chi connectivity index (χ3v) is 6.04. The van der Waals surface area contributed by atoms with Crippen molar-refractivity contribution >= 4 is 12.2 Å². The van der Waals surface area contributed by atoms with Crippen molar-refractivity contribution in [2.45, 2.75) is 44.9 Å². The third kappa shape index (κ3) is 4.35. The van der Waals surface area contributed by atoms with Gasteiger partial charge in [-0.1, -0.05) is 79.9 Å². The summed E-state index contributed by atoms with van der Waals surface area (Å²) in [6.45, 7) is 1.73. The maximum atomic E-state index is 14.8. The second-order valence-electron chi connectivity index (χ2n) is 8.13. The van der Waals surface area contributed by atoms with Crippen LogP contribution in [0.1, 0.15) is 60.3 Å². The summed E-state index contributed by atoms with van der Waals surface area (Å²) in [5.74, 6) is -1.58. The second kappa shape index (κ2) is 8.91. The normalized spacial score (nSPS) is 15.1. The molecule has 0 bridgehead atoms. The molecule has 0 aliphatic heterocycles. The van der Waals surface area contributed by atoms with Crippen LogP contribution in [0.4, 0.5) is 13.2 Å². The minimum Gasteiger partial charge on any atom is -0.207 e. The van der Waals surface area contributed by atoms with Crippen LogP contribution in [-0.2, 0) is 0 Å². The van der Waals surface area contributed by atoms with Crippen LogP contribution in [0.3, 0.4) is 0 Å². The van der Waals surface area contributed by atoms with E-state index in [0.717, 1.165) is 36.8 Å². The number of rotatable bonds is 4. The minimum absolute atomic E-state index is 0.126. The molecule has 3 aromatic carbocycles. The SMILES string of the molecule is Cc1ccc(/C=C/c2ccc(-c3ccc(C4CCCCC4)c(F)c3F)cc2)cc1F. The van der Waals surface area contributed by atoms with E-state index in [9.17, 15) is 13.2 Å². The summed E-state index contributed by atoms with van der Waals surface area (Å²) in [5, 5.41) is 0. The number of aryl methyl sites for hydroxylation is 1. The van der Waals surface area contributed by atoms with E-state index >= 15 is 0 Å². The second-order valence-corrected chi connectivity index (χ2v) is 8.13. The summed E-state index contributed by atoms with van der Waals surface area (Å²) in [6, 6.07) is 15.8. The average molecular weight is 406 g/mol. The van der Waals surface area contributed by atoms with Crippen LogP contribution in [-0.4, -0.2) is 0 Å². The monoisotopic (exact) mass is 406 g/mol. The summed E-state index contributed by atoms with van der Waals surface area (Å²) in [4.78, 5) is 0. The maximum absolute atomic E-state index is 14.8. The van der Waals surface area contributed by atoms with Crippen LogP contribution in [0.15, 0.2) is 54.6 Å². The molecule has 0 unspecified atom stereocenters. The predicted molar refractivity (Wildman–Crippen MR) is 118 cm³/mol. The molecule has 3 heteroatoms. The van der Waals surface area contributed by atoms with Gasteiger partial charge < -0.3 is 0 Å². The standard InChI is InChI=1S/C27H25F3/c1-18-7-8-20(17-25(18)28)10-9-19-11-13-22(14-12-19)24-16-15-23(26(29)27(24)30)21-5-3-2-4-6-21/h7-17,21H,2-6H2,1H3/b10-9+. The minimum atomic E-state index is -0.767. The Morgan fingerprint density at radius 2 is 1.40 bits per heavy atom. The van der Waals surface area contributed by atoms with Crippen molar-refractivity contribution in [1.29, 1.82) is 0 Å². The molecule has 3 aromatic rings. The molecule has 0 spiro atoms. The van der Waals surface area contributed by atoms with Crippen LogP contribution < -0.4 is 0 Å². The predicted octanol–water partition coefficient (Wildman–Crippen LogP) is 8.30. The van der Waals surface area contributed by atoms with Gasteiger partial charge in [-0.2, -0.15) is 0 Å². The lowest BCUT2D eigenvalue weighted by Gasteiger charge is -2.23. The molecule has 0 N–H and O–H groups in total. The van der Waals surface area contributed by atoms with Gasteiger partial charge in [-0.05, 0) is 59.6 Å². The smallest absolute Gasteiger partial charge is 0.166 e. The molecule has 4 rings (SSSR count). The molecule has 0 nitrogen and oxygen atoms in total. The topological polar surface area (TPSA) is 0 Å². The molecular formula is C27H25F3. The van der Waals surface area contributed by atoms with Crippen LogP contribution in [0.25, 0.3) is 23.3 Å². The number of benzene rings is 3. The van der Waals surface area contributed by atoms with Gasteiger partial charge in [0.05, 0.1) is 0 Å². The zero-order valence-electron chi connectivity index (χ0n) is 17.1. The Balaban J connectivity index is 1.54. The van der Waals surface area contributed by atoms with Gasteiger partial charge in [-0.25, -0.2) is 13.2 Å². The van der Waals surface area contributed by atoms with Crippen molar-refractivity contribution in [3.05, 3.63) is 94.3 Å². The van der Waals surface area contributed by atoms with Gasteiger partial charge in [0, 0.05) is 5.56 Å². The molecule has 1 fully saturated rings. The Morgan fingerprint density at radius 3 is 2.10 bits per heavy atom. The van der Waals surface area contributed by atoms with Gasteiger partial charge in [-0.15, -0.1) is 0 Å². The molecule has 0 saturated heterocycles. The first-order chi connectivity index (χ1) is 14.5. The van der Waals surface area contributed by atoms with E-state index in [1.165, 1.54) is 12.5 Å². The molecule has 30 heavy (non-hydrogen) atoms. The van der Waals surface area contributed by atoms with Gasteiger partial charge in [0.1, 0.15) is 5.82 Å². The van der Waals surface area contributed by atoms with Gasteiger partial charge in [0.2, 0.25) is 0 Å². The summed E-state index contributed by atoms with van der Waals surface area (Å²) in [6.07, 6.45) is 8.91. The Kier molecular flexibility index (Phi) is 6.08. The molecule has 1 saturated carbocycles. The highest BCUT2D eigenvalue weighted by atomic mass is 19.2. The number of hydrogen-bond acceptors (Lipinski definition) is 0. The molecule has 0 radical (unpaired) electrons. The molecule has 1 aliphatic rings. The molecule has 0 aromatic heterocycles. The third-order valence-electron chi connectivity index (χ3n) is 6.04. The van der Waals surface area contributed by atoms with Crippen molar-refractivity contribution in [2.75, 3.05) is 0 Å². The summed E-state index contributed by atoms with van der Waals surface area (Å²) in [7, 11) is 0. The summed E-state index contributed by atoms with van der Waals surface area (Å²) < 4.78 is 43.2. The zero-order valence-corrected chi connectivity index (χ0v) is 17.1. The zero-order chi connectivity index (χ0) is 21.1. The summed E-state index contributed by atoms with van der Waals surface area (Å²) in [5.41, 5.74) is 3.72. The van der Waals surface area contributed by atoms with Crippen LogP contribution >= 0.6 is 0 Å². The maximum Gasteiger partial charge on any atom is 0.166 e. The van der Waals surface area contributed by atoms with E-state index < -0.39 is 11.6 Å². The first-order valence-electron chi connectivity index (χ1n) is 10.6. The molecule has 0 amide bonds. The lowest BCUT2D eigenvalue weighted by Crippen LogP contribution is -2.08. The van der Waals surface area contributed by atoms with Crippen LogP contribution in [0.2, 0.25) is 0 Å². The molecule has 0 heterocycles. The van der Waals surface area contributed by atoms with Crippen molar-refractivity contribution in [1.82, 2.24) is 0 Å². The Labute approximate surface area is 176 Å². The Bertz CT molecular complexity index is 1060. The van der Waals surface area contributed by atoms with Crippen molar-refractivity contribution in [3.63, 3.8) is 0 Å². The quantitative estimate of drug-likeness (QED) is 0.382. The van der Waals surface area contributed by atoms with E-state index in [4.69, 9.17) is 0 Å². The highest BCUT2D eigenvalue weighted by Gasteiger charge is 2.22. The lowest BCUT2D eigenvalue weighted by molar-refractivity contribution is 0.418. The fraction of sp³-hybridized carbons (Fsp3) is 0.259. The fourth-order valence-corrected chi connectivity index (χ4v) is 4.20. The lowest BCUT2D eigenvalue weighted by atomic mass is 9.83. The number of hydrogen-bond donors (Lipinski definition) is 0. The Hall–Kier alpha value is -2.81.